The van der Waals surface area contributed by atoms with E-state index in [1.165, 1.54) is 19.4 Å². The average molecular weight is 261 g/mol. The van der Waals surface area contributed by atoms with Crippen molar-refractivity contribution in [2.24, 2.45) is 5.92 Å². The van der Waals surface area contributed by atoms with Gasteiger partial charge in [0.15, 0.2) is 0 Å². The summed E-state index contributed by atoms with van der Waals surface area (Å²) >= 11 is 0. The van der Waals surface area contributed by atoms with E-state index in [0.717, 1.165) is 50.2 Å². The van der Waals surface area contributed by atoms with Crippen LogP contribution in [-0.4, -0.2) is 54.6 Å². The lowest BCUT2D eigenvalue weighted by atomic mass is 10.3. The molecule has 3 rings (SSSR count). The van der Waals surface area contributed by atoms with E-state index >= 15 is 0 Å². The van der Waals surface area contributed by atoms with Crippen LogP contribution in [0.2, 0.25) is 0 Å². The van der Waals surface area contributed by atoms with Gasteiger partial charge in [-0.1, -0.05) is 0 Å². The molecular weight excluding hydrogens is 238 g/mol. The van der Waals surface area contributed by atoms with Gasteiger partial charge in [-0.3, -0.25) is 4.90 Å². The van der Waals surface area contributed by atoms with Crippen molar-refractivity contribution in [1.29, 1.82) is 0 Å². The normalized spacial score (nSPS) is 20.8. The first-order valence-electron chi connectivity index (χ1n) is 7.28. The Balaban J connectivity index is 1.52. The number of aromatic nitrogens is 2. The van der Waals surface area contributed by atoms with Gasteiger partial charge in [-0.05, 0) is 25.8 Å². The standard InChI is InChI=1S/C14H23N5/c1-15-8-13-9-16-14(17-10-13)19-6-4-18(5-7-19)11-12-2-3-12/h9-10,12,15H,2-8,11H2,1H3. The maximum absolute atomic E-state index is 4.48. The zero-order chi connectivity index (χ0) is 13.1. The molecular formula is C14H23N5. The zero-order valence-corrected chi connectivity index (χ0v) is 11.7. The minimum atomic E-state index is 0.829. The molecule has 0 aromatic carbocycles. The van der Waals surface area contributed by atoms with Crippen molar-refractivity contribution in [2.75, 3.05) is 44.7 Å². The summed E-state index contributed by atoms with van der Waals surface area (Å²) in [6, 6.07) is 0. The van der Waals surface area contributed by atoms with Crippen molar-refractivity contribution < 1.29 is 0 Å². The Bertz CT molecular complexity index is 393. The van der Waals surface area contributed by atoms with Crippen LogP contribution in [0.15, 0.2) is 12.4 Å². The molecule has 1 saturated carbocycles. The molecule has 5 nitrogen and oxygen atoms in total. The highest BCUT2D eigenvalue weighted by Gasteiger charge is 2.26. The van der Waals surface area contributed by atoms with Gasteiger partial charge in [0.1, 0.15) is 0 Å². The van der Waals surface area contributed by atoms with E-state index in [4.69, 9.17) is 0 Å². The van der Waals surface area contributed by atoms with Gasteiger partial charge in [-0.2, -0.15) is 0 Å². The number of anilines is 1. The Morgan fingerprint density at radius 1 is 1.16 bits per heavy atom. The molecule has 0 unspecified atom stereocenters. The van der Waals surface area contributed by atoms with Gasteiger partial charge >= 0.3 is 0 Å². The second-order valence-electron chi connectivity index (χ2n) is 5.65. The van der Waals surface area contributed by atoms with Gasteiger partial charge < -0.3 is 10.2 Å². The maximum Gasteiger partial charge on any atom is 0.225 e. The van der Waals surface area contributed by atoms with Crippen LogP contribution in [0, 0.1) is 5.92 Å². The number of hydrogen-bond acceptors (Lipinski definition) is 5. The van der Waals surface area contributed by atoms with Gasteiger partial charge in [0.2, 0.25) is 5.95 Å². The second-order valence-corrected chi connectivity index (χ2v) is 5.65. The van der Waals surface area contributed by atoms with E-state index in [1.807, 2.05) is 19.4 Å². The van der Waals surface area contributed by atoms with E-state index < -0.39 is 0 Å². The molecule has 0 amide bonds. The highest BCUT2D eigenvalue weighted by atomic mass is 15.3. The van der Waals surface area contributed by atoms with Gasteiger partial charge in [0.05, 0.1) is 0 Å². The van der Waals surface area contributed by atoms with Crippen LogP contribution in [0.3, 0.4) is 0 Å². The fraction of sp³-hybridized carbons (Fsp3) is 0.714. The number of piperazine rings is 1. The van der Waals surface area contributed by atoms with Crippen molar-refractivity contribution in [1.82, 2.24) is 20.2 Å². The molecule has 1 aliphatic heterocycles. The van der Waals surface area contributed by atoms with Gasteiger partial charge in [0.25, 0.3) is 0 Å². The predicted molar refractivity (Wildman–Crippen MR) is 76.2 cm³/mol. The molecule has 1 saturated heterocycles. The van der Waals surface area contributed by atoms with Crippen molar-refractivity contribution >= 4 is 5.95 Å². The van der Waals surface area contributed by atoms with Crippen LogP contribution >= 0.6 is 0 Å². The van der Waals surface area contributed by atoms with Crippen molar-refractivity contribution in [3.8, 4) is 0 Å². The summed E-state index contributed by atoms with van der Waals surface area (Å²) in [7, 11) is 1.94. The SMILES string of the molecule is CNCc1cnc(N2CCN(CC3CC3)CC2)nc1. The molecule has 19 heavy (non-hydrogen) atoms. The monoisotopic (exact) mass is 261 g/mol. The lowest BCUT2D eigenvalue weighted by Gasteiger charge is -2.34. The van der Waals surface area contributed by atoms with Crippen LogP contribution < -0.4 is 10.2 Å². The first kappa shape index (κ1) is 12.8. The summed E-state index contributed by atoms with van der Waals surface area (Å²) < 4.78 is 0. The van der Waals surface area contributed by atoms with Crippen LogP contribution in [-0.2, 0) is 6.54 Å². The summed E-state index contributed by atoms with van der Waals surface area (Å²) in [6.45, 7) is 6.54. The molecule has 5 heteroatoms. The number of nitrogens with zero attached hydrogens (tertiary/aromatic N) is 4. The molecule has 2 aliphatic rings. The third-order valence-corrected chi connectivity index (χ3v) is 3.94. The number of hydrogen-bond donors (Lipinski definition) is 1. The topological polar surface area (TPSA) is 44.3 Å². The van der Waals surface area contributed by atoms with Gasteiger partial charge in [-0.25, -0.2) is 9.97 Å². The molecule has 1 aromatic heterocycles. The molecule has 0 bridgehead atoms. The molecule has 2 heterocycles. The van der Waals surface area contributed by atoms with Crippen molar-refractivity contribution in [3.05, 3.63) is 18.0 Å². The highest BCUT2D eigenvalue weighted by molar-refractivity contribution is 5.30. The number of nitrogens with one attached hydrogen (secondary N) is 1. The third kappa shape index (κ3) is 3.42. The fourth-order valence-electron chi connectivity index (χ4n) is 2.60. The molecule has 104 valence electrons. The van der Waals surface area contributed by atoms with Crippen molar-refractivity contribution in [2.45, 2.75) is 19.4 Å². The molecule has 1 N–H and O–H groups in total. The molecule has 2 fully saturated rings. The minimum absolute atomic E-state index is 0.829. The Morgan fingerprint density at radius 2 is 1.84 bits per heavy atom. The summed E-state index contributed by atoms with van der Waals surface area (Å²) in [4.78, 5) is 13.8. The summed E-state index contributed by atoms with van der Waals surface area (Å²) in [6.07, 6.45) is 6.73. The Morgan fingerprint density at radius 3 is 2.42 bits per heavy atom. The molecule has 1 aliphatic carbocycles. The van der Waals surface area contributed by atoms with E-state index in [0.29, 0.717) is 0 Å². The Kier molecular flexibility index (Phi) is 3.94. The predicted octanol–water partition coefficient (Wildman–Crippen LogP) is 0.728. The lowest BCUT2D eigenvalue weighted by molar-refractivity contribution is 0.247. The maximum atomic E-state index is 4.48. The average Bonchev–Trinajstić information content (AvgIpc) is 3.25. The van der Waals surface area contributed by atoms with E-state index in [9.17, 15) is 0 Å². The first-order chi connectivity index (χ1) is 9.35. The molecule has 0 spiro atoms. The first-order valence-corrected chi connectivity index (χ1v) is 7.28. The van der Waals surface area contributed by atoms with Crippen LogP contribution in [0.25, 0.3) is 0 Å². The van der Waals surface area contributed by atoms with E-state index in [2.05, 4.69) is 25.1 Å². The quantitative estimate of drug-likeness (QED) is 0.846. The fourth-order valence-corrected chi connectivity index (χ4v) is 2.60. The minimum Gasteiger partial charge on any atom is -0.338 e. The molecule has 0 radical (unpaired) electrons. The molecule has 0 atom stereocenters. The van der Waals surface area contributed by atoms with Gasteiger partial charge in [0, 0.05) is 57.2 Å². The second kappa shape index (κ2) is 5.84. The third-order valence-electron chi connectivity index (χ3n) is 3.94. The van der Waals surface area contributed by atoms with E-state index in [1.54, 1.807) is 0 Å². The van der Waals surface area contributed by atoms with Crippen LogP contribution in [0.5, 0.6) is 0 Å². The zero-order valence-electron chi connectivity index (χ0n) is 11.7. The van der Waals surface area contributed by atoms with E-state index in [-0.39, 0.29) is 0 Å². The molecule has 1 aromatic rings. The van der Waals surface area contributed by atoms with Crippen LogP contribution in [0.4, 0.5) is 5.95 Å². The summed E-state index contributed by atoms with van der Waals surface area (Å²) in [5.74, 6) is 1.87. The smallest absolute Gasteiger partial charge is 0.225 e. The van der Waals surface area contributed by atoms with Crippen molar-refractivity contribution in [3.63, 3.8) is 0 Å². The van der Waals surface area contributed by atoms with Crippen LogP contribution in [0.1, 0.15) is 18.4 Å². The summed E-state index contributed by atoms with van der Waals surface area (Å²) in [5, 5.41) is 3.11. The largest absolute Gasteiger partial charge is 0.338 e. The van der Waals surface area contributed by atoms with Gasteiger partial charge in [-0.15, -0.1) is 0 Å². The summed E-state index contributed by atoms with van der Waals surface area (Å²) in [5.41, 5.74) is 1.14. The lowest BCUT2D eigenvalue weighted by Crippen LogP contribution is -2.47. The number of rotatable bonds is 5. The Labute approximate surface area is 115 Å². The Hall–Kier alpha value is -1.20. The highest BCUT2D eigenvalue weighted by Crippen LogP contribution is 2.30.